The molecule has 1 aliphatic heterocycles. The molecule has 0 aromatic carbocycles. The molecule has 1 aliphatic rings. The number of thiazole rings is 1. The Morgan fingerprint density at radius 3 is 2.29 bits per heavy atom. The monoisotopic (exact) mass is 340 g/mol. The molecule has 0 spiro atoms. The molecule has 1 aromatic heterocycles. The molecule has 0 saturated carbocycles. The summed E-state index contributed by atoms with van der Waals surface area (Å²) in [5.74, 6) is -3.51. The third-order valence-corrected chi connectivity index (χ3v) is 5.48. The quantitative estimate of drug-likeness (QED) is 0.839. The molecule has 1 fully saturated rings. The lowest BCUT2D eigenvalue weighted by Gasteiger charge is -2.32. The van der Waals surface area contributed by atoms with Crippen LogP contribution in [0.25, 0.3) is 0 Å². The molecule has 0 aliphatic carbocycles. The average Bonchev–Trinajstić information content (AvgIpc) is 2.82. The Labute approximate surface area is 126 Å². The highest BCUT2D eigenvalue weighted by atomic mass is 32.2. The highest BCUT2D eigenvalue weighted by Crippen LogP contribution is 2.37. The molecular weight excluding hydrogens is 325 g/mol. The van der Waals surface area contributed by atoms with Gasteiger partial charge in [-0.1, -0.05) is 0 Å². The minimum atomic E-state index is -4.72. The highest BCUT2D eigenvalue weighted by Gasteiger charge is 2.52. The van der Waals surface area contributed by atoms with Crippen molar-refractivity contribution in [3.05, 3.63) is 6.20 Å². The molecule has 1 N–H and O–H groups in total. The van der Waals surface area contributed by atoms with E-state index in [0.29, 0.717) is 4.78 Å². The number of nitrogens with zero attached hydrogens (tertiary/aromatic N) is 1. The van der Waals surface area contributed by atoms with Crippen LogP contribution >= 0.6 is 11.3 Å². The second kappa shape index (κ2) is 5.15. The first kappa shape index (κ1) is 16.6. The average molecular weight is 340 g/mol. The van der Waals surface area contributed by atoms with Crippen molar-refractivity contribution in [3.63, 3.8) is 0 Å². The molecular formula is C10H15BF2N2O4S2. The van der Waals surface area contributed by atoms with E-state index in [2.05, 4.69) is 4.98 Å². The summed E-state index contributed by atoms with van der Waals surface area (Å²) in [5.41, 5.74) is -1.10. The van der Waals surface area contributed by atoms with Crippen LogP contribution in [-0.4, -0.2) is 37.5 Å². The van der Waals surface area contributed by atoms with E-state index in [-0.39, 0.29) is 5.13 Å². The van der Waals surface area contributed by atoms with Crippen LogP contribution in [0.15, 0.2) is 6.20 Å². The summed E-state index contributed by atoms with van der Waals surface area (Å²) in [7, 11) is -5.44. The van der Waals surface area contributed by atoms with Gasteiger partial charge >= 0.3 is 12.9 Å². The molecule has 1 aromatic rings. The summed E-state index contributed by atoms with van der Waals surface area (Å²) in [5, 5.41) is -0.153. The van der Waals surface area contributed by atoms with Crippen LogP contribution in [0.4, 0.5) is 13.9 Å². The molecule has 2 heterocycles. The molecule has 6 nitrogen and oxygen atoms in total. The molecule has 21 heavy (non-hydrogen) atoms. The molecule has 0 bridgehead atoms. The Morgan fingerprint density at radius 2 is 1.81 bits per heavy atom. The van der Waals surface area contributed by atoms with Crippen molar-refractivity contribution in [3.8, 4) is 0 Å². The van der Waals surface area contributed by atoms with E-state index in [1.807, 2.05) is 27.7 Å². The van der Waals surface area contributed by atoms with E-state index in [4.69, 9.17) is 9.31 Å². The SMILES string of the molecule is CC1(C)OB(c2cnc(NS(=O)(=O)C(F)F)s2)OC1(C)C. The summed E-state index contributed by atoms with van der Waals surface area (Å²) >= 11 is 0.891. The Morgan fingerprint density at radius 1 is 1.29 bits per heavy atom. The van der Waals surface area contributed by atoms with Gasteiger partial charge in [-0.2, -0.15) is 8.78 Å². The summed E-state index contributed by atoms with van der Waals surface area (Å²) in [6.07, 6.45) is 1.34. The van der Waals surface area contributed by atoms with Crippen molar-refractivity contribution in [2.75, 3.05) is 4.72 Å². The Hall–Kier alpha value is -0.775. The maximum atomic E-state index is 12.3. The van der Waals surface area contributed by atoms with Crippen LogP contribution in [0.5, 0.6) is 0 Å². The lowest BCUT2D eigenvalue weighted by molar-refractivity contribution is 0.00578. The first-order chi connectivity index (χ1) is 9.45. The zero-order chi connectivity index (χ0) is 16.1. The van der Waals surface area contributed by atoms with Gasteiger partial charge in [0.15, 0.2) is 5.13 Å². The number of hydrogen-bond donors (Lipinski definition) is 1. The van der Waals surface area contributed by atoms with Crippen LogP contribution in [0.1, 0.15) is 27.7 Å². The molecule has 0 radical (unpaired) electrons. The topological polar surface area (TPSA) is 77.5 Å². The molecule has 0 atom stereocenters. The van der Waals surface area contributed by atoms with Crippen LogP contribution < -0.4 is 9.50 Å². The fraction of sp³-hybridized carbons (Fsp3) is 0.700. The maximum absolute atomic E-state index is 12.3. The van der Waals surface area contributed by atoms with Gasteiger partial charge in [0.1, 0.15) is 0 Å². The highest BCUT2D eigenvalue weighted by molar-refractivity contribution is 7.93. The molecule has 1 saturated heterocycles. The zero-order valence-electron chi connectivity index (χ0n) is 11.9. The number of alkyl halides is 2. The van der Waals surface area contributed by atoms with E-state index < -0.39 is 34.1 Å². The van der Waals surface area contributed by atoms with Crippen molar-refractivity contribution in [1.82, 2.24) is 4.98 Å². The van der Waals surface area contributed by atoms with Crippen molar-refractivity contribution >= 4 is 38.4 Å². The summed E-state index contributed by atoms with van der Waals surface area (Å²) < 4.78 is 60.5. The van der Waals surface area contributed by atoms with Crippen LogP contribution in [0.2, 0.25) is 0 Å². The first-order valence-electron chi connectivity index (χ1n) is 6.06. The van der Waals surface area contributed by atoms with Crippen molar-refractivity contribution in [2.45, 2.75) is 44.7 Å². The Balaban J connectivity index is 2.16. The van der Waals surface area contributed by atoms with E-state index in [1.54, 1.807) is 4.72 Å². The number of sulfonamides is 1. The summed E-state index contributed by atoms with van der Waals surface area (Å²) in [4.78, 5) is 3.76. The van der Waals surface area contributed by atoms with Crippen LogP contribution in [0.3, 0.4) is 0 Å². The first-order valence-corrected chi connectivity index (χ1v) is 8.42. The fourth-order valence-electron chi connectivity index (χ4n) is 1.57. The minimum Gasteiger partial charge on any atom is -0.399 e. The maximum Gasteiger partial charge on any atom is 0.507 e. The van der Waals surface area contributed by atoms with Gasteiger partial charge in [-0.25, -0.2) is 13.4 Å². The predicted molar refractivity (Wildman–Crippen MR) is 76.4 cm³/mol. The van der Waals surface area contributed by atoms with Crippen molar-refractivity contribution in [1.29, 1.82) is 0 Å². The van der Waals surface area contributed by atoms with Crippen LogP contribution in [0, 0.1) is 0 Å². The van der Waals surface area contributed by atoms with E-state index in [1.165, 1.54) is 6.20 Å². The summed E-state index contributed by atoms with van der Waals surface area (Å²) in [6.45, 7) is 7.48. The third-order valence-electron chi connectivity index (χ3n) is 3.47. The van der Waals surface area contributed by atoms with Gasteiger partial charge in [-0.05, 0) is 27.7 Å². The number of aromatic nitrogens is 1. The number of anilines is 1. The van der Waals surface area contributed by atoms with E-state index in [0.717, 1.165) is 11.3 Å². The number of nitrogens with one attached hydrogen (secondary N) is 1. The van der Waals surface area contributed by atoms with Crippen LogP contribution in [-0.2, 0) is 19.3 Å². The number of hydrogen-bond acceptors (Lipinski definition) is 6. The van der Waals surface area contributed by atoms with Gasteiger partial charge < -0.3 is 9.31 Å². The molecule has 0 amide bonds. The number of rotatable bonds is 4. The largest absolute Gasteiger partial charge is 0.507 e. The minimum absolute atomic E-state index is 0.153. The van der Waals surface area contributed by atoms with Gasteiger partial charge in [0.05, 0.1) is 16.0 Å². The molecule has 11 heteroatoms. The zero-order valence-corrected chi connectivity index (χ0v) is 13.5. The van der Waals surface area contributed by atoms with E-state index >= 15 is 0 Å². The standard InChI is InChI=1S/C10H15BF2N2O4S2/c1-9(2)10(3,4)19-11(18-9)6-5-14-8(20-6)15-21(16,17)7(12)13/h5,7H,1-4H3,(H,14,15). The van der Waals surface area contributed by atoms with Gasteiger partial charge in [-0.3, -0.25) is 4.72 Å². The van der Waals surface area contributed by atoms with Gasteiger partial charge in [-0.15, -0.1) is 11.3 Å². The molecule has 2 rings (SSSR count). The van der Waals surface area contributed by atoms with Crippen molar-refractivity contribution in [2.24, 2.45) is 0 Å². The lowest BCUT2D eigenvalue weighted by Crippen LogP contribution is -2.41. The Bertz CT molecular complexity index is 617. The fourth-order valence-corrected chi connectivity index (χ4v) is 3.10. The Kier molecular flexibility index (Phi) is 4.07. The van der Waals surface area contributed by atoms with Crippen molar-refractivity contribution < 1.29 is 26.5 Å². The third kappa shape index (κ3) is 3.20. The van der Waals surface area contributed by atoms with Gasteiger partial charge in [0, 0.05) is 6.20 Å². The summed E-state index contributed by atoms with van der Waals surface area (Å²) in [6, 6.07) is 0. The normalized spacial score (nSPS) is 21.0. The second-order valence-corrected chi connectivity index (χ2v) is 8.28. The van der Waals surface area contributed by atoms with Gasteiger partial charge in [0.2, 0.25) is 0 Å². The lowest BCUT2D eigenvalue weighted by atomic mass is 9.89. The second-order valence-electron chi connectivity index (χ2n) is 5.56. The van der Waals surface area contributed by atoms with E-state index in [9.17, 15) is 17.2 Å². The number of halogens is 2. The molecule has 0 unspecified atom stereocenters. The molecule has 118 valence electrons. The smallest absolute Gasteiger partial charge is 0.399 e. The van der Waals surface area contributed by atoms with Gasteiger partial charge in [0.25, 0.3) is 10.0 Å². The predicted octanol–water partition coefficient (Wildman–Crippen LogP) is 1.41.